The molecule has 0 unspecified atom stereocenters. The summed E-state index contributed by atoms with van der Waals surface area (Å²) < 4.78 is 7.09. The molecule has 0 bridgehead atoms. The molecule has 1 saturated heterocycles. The lowest BCUT2D eigenvalue weighted by Gasteiger charge is -2.23. The number of hydrogen-bond acceptors (Lipinski definition) is 4. The summed E-state index contributed by atoms with van der Waals surface area (Å²) in [6, 6.07) is 6.39. The second-order valence-corrected chi connectivity index (χ2v) is 4.39. The van der Waals surface area contributed by atoms with Crippen molar-refractivity contribution in [3.8, 4) is 5.82 Å². The molecule has 18 heavy (non-hydrogen) atoms. The third kappa shape index (κ3) is 2.51. The highest BCUT2D eigenvalue weighted by atomic mass is 16.5. The summed E-state index contributed by atoms with van der Waals surface area (Å²) in [5, 5.41) is 7.63. The molecule has 5 heteroatoms. The molecule has 1 N–H and O–H groups in total. The molecule has 0 aliphatic carbocycles. The molecular weight excluding hydrogens is 228 g/mol. The topological polar surface area (TPSA) is 52.0 Å². The minimum absolute atomic E-state index is 0.496. The fourth-order valence-electron chi connectivity index (χ4n) is 2.09. The van der Waals surface area contributed by atoms with Crippen LogP contribution in [0.3, 0.4) is 0 Å². The van der Waals surface area contributed by atoms with Gasteiger partial charge >= 0.3 is 0 Å². The van der Waals surface area contributed by atoms with E-state index in [0.717, 1.165) is 37.6 Å². The molecule has 1 aliphatic heterocycles. The molecule has 1 fully saturated rings. The van der Waals surface area contributed by atoms with E-state index in [-0.39, 0.29) is 0 Å². The van der Waals surface area contributed by atoms with Crippen LogP contribution in [0.2, 0.25) is 0 Å². The Morgan fingerprint density at radius 3 is 2.83 bits per heavy atom. The predicted molar refractivity (Wildman–Crippen MR) is 68.8 cm³/mol. The molecule has 2 aromatic heterocycles. The number of aromatic nitrogens is 3. The first-order valence-corrected chi connectivity index (χ1v) is 6.22. The molecule has 1 aliphatic rings. The third-order valence-electron chi connectivity index (χ3n) is 3.08. The normalized spacial score (nSPS) is 16.7. The van der Waals surface area contributed by atoms with Gasteiger partial charge in [0.1, 0.15) is 0 Å². The lowest BCUT2D eigenvalue weighted by Crippen LogP contribution is -2.27. The van der Waals surface area contributed by atoms with Gasteiger partial charge in [-0.1, -0.05) is 0 Å². The van der Waals surface area contributed by atoms with Crippen LogP contribution in [0, 0.1) is 0 Å². The van der Waals surface area contributed by atoms with E-state index in [4.69, 9.17) is 4.74 Å². The molecule has 94 valence electrons. The van der Waals surface area contributed by atoms with Crippen molar-refractivity contribution < 1.29 is 4.74 Å². The van der Waals surface area contributed by atoms with Gasteiger partial charge in [-0.2, -0.15) is 5.10 Å². The van der Waals surface area contributed by atoms with E-state index >= 15 is 0 Å². The van der Waals surface area contributed by atoms with Crippen molar-refractivity contribution in [1.82, 2.24) is 14.8 Å². The number of anilines is 1. The first-order valence-electron chi connectivity index (χ1n) is 6.22. The molecule has 0 aromatic carbocycles. The minimum atomic E-state index is 0.496. The van der Waals surface area contributed by atoms with Crippen molar-refractivity contribution in [2.24, 2.45) is 0 Å². The van der Waals surface area contributed by atoms with E-state index in [0.29, 0.717) is 6.04 Å². The van der Waals surface area contributed by atoms with Gasteiger partial charge in [-0.05, 0) is 31.0 Å². The quantitative estimate of drug-likeness (QED) is 0.895. The number of ether oxygens (including phenoxy) is 1. The average Bonchev–Trinajstić information content (AvgIpc) is 2.95. The van der Waals surface area contributed by atoms with Crippen LogP contribution >= 0.6 is 0 Å². The maximum Gasteiger partial charge on any atom is 0.153 e. The summed E-state index contributed by atoms with van der Waals surface area (Å²) in [6.45, 7) is 1.69. The maximum atomic E-state index is 5.34. The highest BCUT2D eigenvalue weighted by molar-refractivity contribution is 5.44. The summed E-state index contributed by atoms with van der Waals surface area (Å²) >= 11 is 0. The van der Waals surface area contributed by atoms with E-state index in [1.54, 1.807) is 10.9 Å². The Kier molecular flexibility index (Phi) is 3.23. The van der Waals surface area contributed by atoms with Gasteiger partial charge in [-0.3, -0.25) is 0 Å². The van der Waals surface area contributed by atoms with Crippen LogP contribution in [-0.2, 0) is 4.74 Å². The van der Waals surface area contributed by atoms with E-state index in [1.807, 2.05) is 30.6 Å². The van der Waals surface area contributed by atoms with Crippen molar-refractivity contribution in [2.45, 2.75) is 18.9 Å². The molecule has 0 atom stereocenters. The second-order valence-electron chi connectivity index (χ2n) is 4.39. The van der Waals surface area contributed by atoms with Crippen molar-refractivity contribution in [2.75, 3.05) is 18.5 Å². The lowest BCUT2D eigenvalue weighted by molar-refractivity contribution is 0.0904. The SMILES string of the molecule is c1cnn(-c2ccc(NC3CCOCC3)cn2)c1. The van der Waals surface area contributed by atoms with Crippen molar-refractivity contribution >= 4 is 5.69 Å². The summed E-state index contributed by atoms with van der Waals surface area (Å²) in [7, 11) is 0. The van der Waals surface area contributed by atoms with Crippen molar-refractivity contribution in [3.63, 3.8) is 0 Å². The number of rotatable bonds is 3. The fraction of sp³-hybridized carbons (Fsp3) is 0.385. The van der Waals surface area contributed by atoms with Crippen molar-refractivity contribution in [3.05, 3.63) is 36.8 Å². The van der Waals surface area contributed by atoms with Gasteiger partial charge in [0.2, 0.25) is 0 Å². The molecule has 0 saturated carbocycles. The highest BCUT2D eigenvalue weighted by Gasteiger charge is 2.13. The Balaban J connectivity index is 1.67. The largest absolute Gasteiger partial charge is 0.381 e. The molecule has 3 rings (SSSR count). The summed E-state index contributed by atoms with van der Waals surface area (Å²) in [4.78, 5) is 4.39. The second kappa shape index (κ2) is 5.18. The Bertz CT molecular complexity index is 474. The van der Waals surface area contributed by atoms with Gasteiger partial charge in [0.15, 0.2) is 5.82 Å². The van der Waals surface area contributed by atoms with Crippen LogP contribution < -0.4 is 5.32 Å². The molecule has 0 radical (unpaired) electrons. The van der Waals surface area contributed by atoms with E-state index in [9.17, 15) is 0 Å². The van der Waals surface area contributed by atoms with Gasteiger partial charge in [-0.25, -0.2) is 9.67 Å². The Morgan fingerprint density at radius 2 is 2.17 bits per heavy atom. The fourth-order valence-corrected chi connectivity index (χ4v) is 2.09. The Hall–Kier alpha value is -1.88. The number of hydrogen-bond donors (Lipinski definition) is 1. The minimum Gasteiger partial charge on any atom is -0.381 e. The van der Waals surface area contributed by atoms with Crippen LogP contribution in [0.15, 0.2) is 36.8 Å². The molecule has 5 nitrogen and oxygen atoms in total. The standard InChI is InChI=1S/C13H16N4O/c1-6-15-17(7-1)13-3-2-12(10-14-13)16-11-4-8-18-9-5-11/h1-3,6-7,10-11,16H,4-5,8-9H2. The summed E-state index contributed by atoms with van der Waals surface area (Å²) in [5.74, 6) is 0.831. The van der Waals surface area contributed by atoms with Gasteiger partial charge in [0, 0.05) is 31.6 Å². The summed E-state index contributed by atoms with van der Waals surface area (Å²) in [5.41, 5.74) is 1.05. The zero-order chi connectivity index (χ0) is 12.2. The van der Waals surface area contributed by atoms with Crippen LogP contribution in [0.5, 0.6) is 0 Å². The van der Waals surface area contributed by atoms with E-state index in [2.05, 4.69) is 15.4 Å². The van der Waals surface area contributed by atoms with E-state index < -0.39 is 0 Å². The summed E-state index contributed by atoms with van der Waals surface area (Å²) in [6.07, 6.45) is 7.60. The zero-order valence-electron chi connectivity index (χ0n) is 10.1. The molecule has 0 spiro atoms. The Labute approximate surface area is 106 Å². The van der Waals surface area contributed by atoms with E-state index in [1.165, 1.54) is 0 Å². The van der Waals surface area contributed by atoms with Gasteiger partial charge in [0.25, 0.3) is 0 Å². The van der Waals surface area contributed by atoms with Gasteiger partial charge in [0.05, 0.1) is 11.9 Å². The molecule has 3 heterocycles. The van der Waals surface area contributed by atoms with Crippen LogP contribution in [0.1, 0.15) is 12.8 Å². The van der Waals surface area contributed by atoms with Crippen LogP contribution in [0.25, 0.3) is 5.82 Å². The van der Waals surface area contributed by atoms with Crippen molar-refractivity contribution in [1.29, 1.82) is 0 Å². The smallest absolute Gasteiger partial charge is 0.153 e. The monoisotopic (exact) mass is 244 g/mol. The average molecular weight is 244 g/mol. The zero-order valence-corrected chi connectivity index (χ0v) is 10.1. The molecule has 0 amide bonds. The van der Waals surface area contributed by atoms with Gasteiger partial charge < -0.3 is 10.1 Å². The first kappa shape index (κ1) is 11.2. The first-order chi connectivity index (χ1) is 8.92. The number of pyridine rings is 1. The molecular formula is C13H16N4O. The third-order valence-corrected chi connectivity index (χ3v) is 3.08. The van der Waals surface area contributed by atoms with Crippen LogP contribution in [-0.4, -0.2) is 34.0 Å². The number of nitrogens with zero attached hydrogens (tertiary/aromatic N) is 3. The lowest BCUT2D eigenvalue weighted by atomic mass is 10.1. The molecule has 2 aromatic rings. The van der Waals surface area contributed by atoms with Gasteiger partial charge in [-0.15, -0.1) is 0 Å². The Morgan fingerprint density at radius 1 is 1.28 bits per heavy atom. The predicted octanol–water partition coefficient (Wildman–Crippen LogP) is 1.86. The van der Waals surface area contributed by atoms with Crippen LogP contribution in [0.4, 0.5) is 5.69 Å². The highest BCUT2D eigenvalue weighted by Crippen LogP contribution is 2.15. The maximum absolute atomic E-state index is 5.34. The number of nitrogens with one attached hydrogen (secondary N) is 1.